The lowest BCUT2D eigenvalue weighted by Crippen LogP contribution is -2.24. The SMILES string of the molecule is N[C@H]1CC(c2ccc(Br)cc2Cl)Oc2cc(F)ccc21. The third kappa shape index (κ3) is 2.55. The molecule has 1 heterocycles. The highest BCUT2D eigenvalue weighted by Gasteiger charge is 2.28. The lowest BCUT2D eigenvalue weighted by atomic mass is 9.93. The minimum absolute atomic E-state index is 0.191. The Morgan fingerprint density at radius 3 is 2.70 bits per heavy atom. The van der Waals surface area contributed by atoms with E-state index in [2.05, 4.69) is 15.9 Å². The zero-order valence-electron chi connectivity index (χ0n) is 10.4. The highest BCUT2D eigenvalue weighted by molar-refractivity contribution is 9.10. The van der Waals surface area contributed by atoms with Gasteiger partial charge in [-0.05, 0) is 18.2 Å². The molecule has 20 heavy (non-hydrogen) atoms. The molecule has 2 aromatic carbocycles. The third-order valence-electron chi connectivity index (χ3n) is 3.42. The van der Waals surface area contributed by atoms with Crippen LogP contribution in [-0.4, -0.2) is 0 Å². The van der Waals surface area contributed by atoms with E-state index in [1.54, 1.807) is 6.07 Å². The Bertz CT molecular complexity index is 664. The Labute approximate surface area is 129 Å². The molecule has 0 saturated carbocycles. The molecule has 0 aromatic heterocycles. The Morgan fingerprint density at radius 1 is 1.20 bits per heavy atom. The van der Waals surface area contributed by atoms with Gasteiger partial charge in [-0.1, -0.05) is 39.7 Å². The first-order valence-electron chi connectivity index (χ1n) is 6.21. The van der Waals surface area contributed by atoms with E-state index in [0.29, 0.717) is 17.2 Å². The van der Waals surface area contributed by atoms with Gasteiger partial charge in [0.1, 0.15) is 17.7 Å². The van der Waals surface area contributed by atoms with Crippen molar-refractivity contribution in [1.29, 1.82) is 0 Å². The van der Waals surface area contributed by atoms with Gasteiger partial charge >= 0.3 is 0 Å². The molecular weight excluding hydrogens is 345 g/mol. The second-order valence-electron chi connectivity index (χ2n) is 4.80. The quantitative estimate of drug-likeness (QED) is 0.799. The van der Waals surface area contributed by atoms with Gasteiger partial charge in [-0.15, -0.1) is 0 Å². The molecule has 0 radical (unpaired) electrons. The topological polar surface area (TPSA) is 35.2 Å². The fraction of sp³-hybridized carbons (Fsp3) is 0.200. The smallest absolute Gasteiger partial charge is 0.127 e. The van der Waals surface area contributed by atoms with E-state index in [4.69, 9.17) is 22.1 Å². The van der Waals surface area contributed by atoms with Gasteiger partial charge in [-0.2, -0.15) is 0 Å². The first kappa shape index (κ1) is 13.9. The molecule has 5 heteroatoms. The van der Waals surface area contributed by atoms with Gasteiger partial charge in [0.05, 0.1) is 0 Å². The van der Waals surface area contributed by atoms with Crippen molar-refractivity contribution in [2.45, 2.75) is 18.6 Å². The van der Waals surface area contributed by atoms with Crippen molar-refractivity contribution >= 4 is 27.5 Å². The van der Waals surface area contributed by atoms with Gasteiger partial charge in [0, 0.05) is 39.2 Å². The maximum Gasteiger partial charge on any atom is 0.127 e. The molecule has 0 amide bonds. The van der Waals surface area contributed by atoms with Crippen LogP contribution in [0.2, 0.25) is 5.02 Å². The van der Waals surface area contributed by atoms with E-state index in [1.165, 1.54) is 12.1 Å². The highest BCUT2D eigenvalue weighted by Crippen LogP contribution is 2.42. The van der Waals surface area contributed by atoms with Crippen molar-refractivity contribution in [2.75, 3.05) is 0 Å². The number of rotatable bonds is 1. The fourth-order valence-electron chi connectivity index (χ4n) is 2.43. The summed E-state index contributed by atoms with van der Waals surface area (Å²) in [7, 11) is 0. The van der Waals surface area contributed by atoms with Gasteiger partial charge in [-0.25, -0.2) is 4.39 Å². The van der Waals surface area contributed by atoms with Crippen LogP contribution in [0.1, 0.15) is 29.7 Å². The fourth-order valence-corrected chi connectivity index (χ4v) is 3.22. The van der Waals surface area contributed by atoms with E-state index in [9.17, 15) is 4.39 Å². The van der Waals surface area contributed by atoms with Crippen LogP contribution >= 0.6 is 27.5 Å². The van der Waals surface area contributed by atoms with Gasteiger partial charge in [0.25, 0.3) is 0 Å². The molecule has 0 saturated heterocycles. The van der Waals surface area contributed by atoms with Crippen molar-refractivity contribution in [3.05, 3.63) is 62.8 Å². The van der Waals surface area contributed by atoms with Crippen LogP contribution in [0.25, 0.3) is 0 Å². The second kappa shape index (κ2) is 5.35. The molecule has 3 rings (SSSR count). The zero-order valence-corrected chi connectivity index (χ0v) is 12.8. The summed E-state index contributed by atoms with van der Waals surface area (Å²) in [6, 6.07) is 9.86. The van der Waals surface area contributed by atoms with Crippen molar-refractivity contribution < 1.29 is 9.13 Å². The lowest BCUT2D eigenvalue weighted by molar-refractivity contribution is 0.161. The molecule has 2 nitrogen and oxygen atoms in total. The average molecular weight is 357 g/mol. The van der Waals surface area contributed by atoms with E-state index in [1.807, 2.05) is 18.2 Å². The van der Waals surface area contributed by atoms with E-state index in [-0.39, 0.29) is 18.0 Å². The standard InChI is InChI=1S/C15H12BrClFNO/c16-8-1-3-10(12(17)5-8)15-7-13(19)11-4-2-9(18)6-14(11)20-15/h1-6,13,15H,7,19H2/t13-,15?/m0/s1. The molecule has 0 spiro atoms. The summed E-state index contributed by atoms with van der Waals surface area (Å²) in [5.74, 6) is 0.159. The number of hydrogen-bond donors (Lipinski definition) is 1. The molecular formula is C15H12BrClFNO. The molecule has 2 N–H and O–H groups in total. The summed E-state index contributed by atoms with van der Waals surface area (Å²) >= 11 is 9.61. The number of halogens is 3. The number of nitrogens with two attached hydrogens (primary N) is 1. The Hall–Kier alpha value is -1.10. The maximum atomic E-state index is 13.3. The van der Waals surface area contributed by atoms with Gasteiger partial charge in [0.2, 0.25) is 0 Å². The molecule has 0 aliphatic carbocycles. The van der Waals surface area contributed by atoms with Crippen molar-refractivity contribution in [1.82, 2.24) is 0 Å². The van der Waals surface area contributed by atoms with Crippen LogP contribution in [0.5, 0.6) is 5.75 Å². The van der Waals surface area contributed by atoms with E-state index >= 15 is 0 Å². The monoisotopic (exact) mass is 355 g/mol. The second-order valence-corrected chi connectivity index (χ2v) is 6.12. The van der Waals surface area contributed by atoms with Crippen LogP contribution in [0.3, 0.4) is 0 Å². The number of fused-ring (bicyclic) bond motifs is 1. The first-order valence-corrected chi connectivity index (χ1v) is 7.38. The zero-order chi connectivity index (χ0) is 14.3. The molecule has 2 aromatic rings. The van der Waals surface area contributed by atoms with Crippen LogP contribution < -0.4 is 10.5 Å². The summed E-state index contributed by atoms with van der Waals surface area (Å²) in [5, 5.41) is 0.608. The molecule has 0 fully saturated rings. The van der Waals surface area contributed by atoms with Gasteiger partial charge < -0.3 is 10.5 Å². The van der Waals surface area contributed by atoms with Crippen LogP contribution in [0, 0.1) is 5.82 Å². The van der Waals surface area contributed by atoms with Gasteiger partial charge in [-0.3, -0.25) is 0 Å². The molecule has 1 aliphatic heterocycles. The van der Waals surface area contributed by atoms with Crippen molar-refractivity contribution in [2.24, 2.45) is 5.73 Å². The number of ether oxygens (including phenoxy) is 1. The van der Waals surface area contributed by atoms with E-state index < -0.39 is 0 Å². The maximum absolute atomic E-state index is 13.3. The molecule has 1 aliphatic rings. The minimum Gasteiger partial charge on any atom is -0.485 e. The number of benzene rings is 2. The average Bonchev–Trinajstić information content (AvgIpc) is 2.37. The Morgan fingerprint density at radius 2 is 1.95 bits per heavy atom. The minimum atomic E-state index is -0.335. The molecule has 2 atom stereocenters. The van der Waals surface area contributed by atoms with E-state index in [0.717, 1.165) is 15.6 Å². The summed E-state index contributed by atoms with van der Waals surface area (Å²) in [6.07, 6.45) is 0.347. The van der Waals surface area contributed by atoms with Crippen LogP contribution in [0.4, 0.5) is 4.39 Å². The highest BCUT2D eigenvalue weighted by atomic mass is 79.9. The summed E-state index contributed by atoms with van der Waals surface area (Å²) < 4.78 is 20.1. The Balaban J connectivity index is 1.98. The predicted molar refractivity (Wildman–Crippen MR) is 80.5 cm³/mol. The molecule has 104 valence electrons. The van der Waals surface area contributed by atoms with Crippen LogP contribution in [-0.2, 0) is 0 Å². The Kier molecular flexibility index (Phi) is 3.71. The summed E-state index contributed by atoms with van der Waals surface area (Å²) in [4.78, 5) is 0. The van der Waals surface area contributed by atoms with Crippen LogP contribution in [0.15, 0.2) is 40.9 Å². The van der Waals surface area contributed by atoms with Crippen molar-refractivity contribution in [3.8, 4) is 5.75 Å². The van der Waals surface area contributed by atoms with Crippen molar-refractivity contribution in [3.63, 3.8) is 0 Å². The molecule has 0 bridgehead atoms. The van der Waals surface area contributed by atoms with Gasteiger partial charge in [0.15, 0.2) is 0 Å². The summed E-state index contributed by atoms with van der Waals surface area (Å²) in [5.41, 5.74) is 7.84. The summed E-state index contributed by atoms with van der Waals surface area (Å²) in [6.45, 7) is 0. The largest absolute Gasteiger partial charge is 0.485 e. The predicted octanol–water partition coefficient (Wildman–Crippen LogP) is 4.77. The normalized spacial score (nSPS) is 21.2. The number of hydrogen-bond acceptors (Lipinski definition) is 2. The molecule has 1 unspecified atom stereocenters. The lowest BCUT2D eigenvalue weighted by Gasteiger charge is -2.31. The third-order valence-corrected chi connectivity index (χ3v) is 4.24. The first-order chi connectivity index (χ1) is 9.54.